The molecule has 0 aliphatic heterocycles. The van der Waals surface area contributed by atoms with Crippen molar-refractivity contribution in [3.05, 3.63) is 34.4 Å². The highest BCUT2D eigenvalue weighted by atomic mass is 14.9. The summed E-state index contributed by atoms with van der Waals surface area (Å²) in [6.45, 7) is 12.4. The van der Waals surface area contributed by atoms with Crippen molar-refractivity contribution in [3.8, 4) is 0 Å². The number of hydrogen-bond donors (Lipinski definition) is 1. The molecule has 1 saturated carbocycles. The molecule has 3 unspecified atom stereocenters. The molecule has 3 atom stereocenters. The minimum atomic E-state index is 0.714. The van der Waals surface area contributed by atoms with Crippen LogP contribution < -0.4 is 5.32 Å². The first-order valence-corrected chi connectivity index (χ1v) is 7.83. The second kappa shape index (κ2) is 6.09. The van der Waals surface area contributed by atoms with Crippen LogP contribution in [0.4, 0.5) is 0 Å². The van der Waals surface area contributed by atoms with E-state index in [1.54, 1.807) is 0 Å². The Kier molecular flexibility index (Phi) is 4.67. The Morgan fingerprint density at radius 1 is 1.05 bits per heavy atom. The lowest BCUT2D eigenvalue weighted by Gasteiger charge is -2.22. The standard InChI is InChI=1S/C18H29N/c1-6-16-7-8-18(15(16)5)19-11-17-10-13(3)12(2)9-14(17)4/h9-10,15-16,18-19H,6-8,11H2,1-5H3. The molecule has 0 radical (unpaired) electrons. The van der Waals surface area contributed by atoms with Crippen molar-refractivity contribution in [2.75, 3.05) is 0 Å². The predicted molar refractivity (Wildman–Crippen MR) is 83.5 cm³/mol. The minimum Gasteiger partial charge on any atom is -0.310 e. The Hall–Kier alpha value is -0.820. The van der Waals surface area contributed by atoms with Crippen LogP contribution in [-0.2, 0) is 6.54 Å². The van der Waals surface area contributed by atoms with Gasteiger partial charge in [0.25, 0.3) is 0 Å². The summed E-state index contributed by atoms with van der Waals surface area (Å²) in [4.78, 5) is 0. The Labute approximate surface area is 118 Å². The Balaban J connectivity index is 1.98. The van der Waals surface area contributed by atoms with Crippen molar-refractivity contribution in [2.24, 2.45) is 11.8 Å². The summed E-state index contributed by atoms with van der Waals surface area (Å²) < 4.78 is 0. The maximum atomic E-state index is 3.80. The average Bonchev–Trinajstić information content (AvgIpc) is 2.73. The summed E-state index contributed by atoms with van der Waals surface area (Å²) in [7, 11) is 0. The Bertz CT molecular complexity index is 436. The van der Waals surface area contributed by atoms with E-state index in [-0.39, 0.29) is 0 Å². The average molecular weight is 259 g/mol. The fourth-order valence-corrected chi connectivity index (χ4v) is 3.56. The Morgan fingerprint density at radius 3 is 2.37 bits per heavy atom. The quantitative estimate of drug-likeness (QED) is 0.838. The predicted octanol–water partition coefficient (Wildman–Crippen LogP) is 4.53. The van der Waals surface area contributed by atoms with Gasteiger partial charge in [-0.25, -0.2) is 0 Å². The molecule has 1 N–H and O–H groups in total. The van der Waals surface area contributed by atoms with E-state index in [2.05, 4.69) is 52.1 Å². The van der Waals surface area contributed by atoms with Crippen LogP contribution in [0, 0.1) is 32.6 Å². The van der Waals surface area contributed by atoms with Gasteiger partial charge in [-0.1, -0.05) is 32.4 Å². The number of benzene rings is 1. The summed E-state index contributed by atoms with van der Waals surface area (Å²) in [5.41, 5.74) is 5.71. The van der Waals surface area contributed by atoms with Crippen molar-refractivity contribution >= 4 is 0 Å². The SMILES string of the molecule is CCC1CCC(NCc2cc(C)c(C)cc2C)C1C. The van der Waals surface area contributed by atoms with Crippen molar-refractivity contribution < 1.29 is 0 Å². The molecule has 1 heteroatoms. The first kappa shape index (κ1) is 14.6. The van der Waals surface area contributed by atoms with E-state index in [0.29, 0.717) is 6.04 Å². The molecule has 0 amide bonds. The van der Waals surface area contributed by atoms with E-state index in [0.717, 1.165) is 18.4 Å². The van der Waals surface area contributed by atoms with Gasteiger partial charge in [0, 0.05) is 12.6 Å². The van der Waals surface area contributed by atoms with E-state index in [9.17, 15) is 0 Å². The second-order valence-electron chi connectivity index (χ2n) is 6.46. The third kappa shape index (κ3) is 3.20. The van der Waals surface area contributed by atoms with Crippen LogP contribution >= 0.6 is 0 Å². The largest absolute Gasteiger partial charge is 0.310 e. The van der Waals surface area contributed by atoms with Crippen LogP contribution in [0.5, 0.6) is 0 Å². The van der Waals surface area contributed by atoms with E-state index in [1.165, 1.54) is 41.5 Å². The van der Waals surface area contributed by atoms with Gasteiger partial charge in [-0.2, -0.15) is 0 Å². The van der Waals surface area contributed by atoms with E-state index in [1.807, 2.05) is 0 Å². The highest BCUT2D eigenvalue weighted by Gasteiger charge is 2.30. The number of rotatable bonds is 4. The van der Waals surface area contributed by atoms with Gasteiger partial charge in [-0.05, 0) is 67.7 Å². The van der Waals surface area contributed by atoms with Crippen molar-refractivity contribution in [1.29, 1.82) is 0 Å². The van der Waals surface area contributed by atoms with Crippen LogP contribution in [-0.4, -0.2) is 6.04 Å². The molecule has 0 saturated heterocycles. The van der Waals surface area contributed by atoms with E-state index < -0.39 is 0 Å². The Morgan fingerprint density at radius 2 is 1.74 bits per heavy atom. The zero-order valence-electron chi connectivity index (χ0n) is 13.2. The van der Waals surface area contributed by atoms with Crippen molar-refractivity contribution in [2.45, 2.75) is 66.5 Å². The molecular formula is C18H29N. The molecule has 1 fully saturated rings. The van der Waals surface area contributed by atoms with Crippen molar-refractivity contribution in [1.82, 2.24) is 5.32 Å². The van der Waals surface area contributed by atoms with Gasteiger partial charge in [0.1, 0.15) is 0 Å². The van der Waals surface area contributed by atoms with Gasteiger partial charge in [0.15, 0.2) is 0 Å². The highest BCUT2D eigenvalue weighted by molar-refractivity contribution is 5.36. The minimum absolute atomic E-state index is 0.714. The van der Waals surface area contributed by atoms with Crippen LogP contribution in [0.1, 0.15) is 55.4 Å². The molecule has 2 rings (SSSR count). The molecule has 106 valence electrons. The third-order valence-corrected chi connectivity index (χ3v) is 5.26. The second-order valence-corrected chi connectivity index (χ2v) is 6.46. The summed E-state index contributed by atoms with van der Waals surface area (Å²) in [5.74, 6) is 1.76. The molecule has 19 heavy (non-hydrogen) atoms. The maximum Gasteiger partial charge on any atom is 0.0210 e. The summed E-state index contributed by atoms with van der Waals surface area (Å²) in [6, 6.07) is 5.39. The van der Waals surface area contributed by atoms with Gasteiger partial charge in [-0.15, -0.1) is 0 Å². The van der Waals surface area contributed by atoms with Gasteiger partial charge in [-0.3, -0.25) is 0 Å². The molecule has 1 nitrogen and oxygen atoms in total. The highest BCUT2D eigenvalue weighted by Crippen LogP contribution is 2.34. The third-order valence-electron chi connectivity index (χ3n) is 5.26. The lowest BCUT2D eigenvalue weighted by atomic mass is 9.93. The molecule has 0 aromatic heterocycles. The first-order chi connectivity index (χ1) is 9.02. The molecule has 0 bridgehead atoms. The topological polar surface area (TPSA) is 12.0 Å². The monoisotopic (exact) mass is 259 g/mol. The molecule has 1 aliphatic rings. The van der Waals surface area contributed by atoms with E-state index >= 15 is 0 Å². The lowest BCUT2D eigenvalue weighted by molar-refractivity contribution is 0.344. The number of hydrogen-bond acceptors (Lipinski definition) is 1. The fraction of sp³-hybridized carbons (Fsp3) is 0.667. The molecule has 1 aromatic carbocycles. The normalized spacial score (nSPS) is 26.9. The van der Waals surface area contributed by atoms with Crippen LogP contribution in [0.25, 0.3) is 0 Å². The summed E-state index contributed by atoms with van der Waals surface area (Å²) >= 11 is 0. The number of nitrogens with one attached hydrogen (secondary N) is 1. The van der Waals surface area contributed by atoms with Gasteiger partial charge < -0.3 is 5.32 Å². The van der Waals surface area contributed by atoms with Gasteiger partial charge >= 0.3 is 0 Å². The van der Waals surface area contributed by atoms with E-state index in [4.69, 9.17) is 0 Å². The fourth-order valence-electron chi connectivity index (χ4n) is 3.56. The zero-order valence-corrected chi connectivity index (χ0v) is 13.2. The van der Waals surface area contributed by atoms with Crippen LogP contribution in [0.2, 0.25) is 0 Å². The molecular weight excluding hydrogens is 230 g/mol. The van der Waals surface area contributed by atoms with Crippen LogP contribution in [0.3, 0.4) is 0 Å². The van der Waals surface area contributed by atoms with Gasteiger partial charge in [0.2, 0.25) is 0 Å². The maximum absolute atomic E-state index is 3.80. The van der Waals surface area contributed by atoms with Crippen LogP contribution in [0.15, 0.2) is 12.1 Å². The van der Waals surface area contributed by atoms with Crippen molar-refractivity contribution in [3.63, 3.8) is 0 Å². The molecule has 1 aliphatic carbocycles. The first-order valence-electron chi connectivity index (χ1n) is 7.83. The summed E-state index contributed by atoms with van der Waals surface area (Å²) in [6.07, 6.45) is 4.09. The summed E-state index contributed by atoms with van der Waals surface area (Å²) in [5, 5.41) is 3.80. The van der Waals surface area contributed by atoms with Gasteiger partial charge in [0.05, 0.1) is 0 Å². The molecule has 0 spiro atoms. The number of aryl methyl sites for hydroxylation is 3. The lowest BCUT2D eigenvalue weighted by Crippen LogP contribution is -2.32. The molecule has 0 heterocycles. The smallest absolute Gasteiger partial charge is 0.0210 e. The zero-order chi connectivity index (χ0) is 14.0. The molecule has 1 aromatic rings.